The van der Waals surface area contributed by atoms with Crippen LogP contribution in [-0.2, 0) is 4.74 Å². The standard InChI is InChI=1S/C20H22N4O3/c1-12-3-4-14(9-13(12)2)16-10-24-11-17(22-18(24)20(26)23-16)19(25)21-15-5-7-27-8-6-15/h3-4,9-11,15H,5-8H2,1-2H3,(H,21,25)(H,23,26). The second-order valence-electron chi connectivity index (χ2n) is 7.01. The molecule has 0 unspecified atom stereocenters. The summed E-state index contributed by atoms with van der Waals surface area (Å²) in [5.41, 5.74) is 4.07. The summed E-state index contributed by atoms with van der Waals surface area (Å²) in [5.74, 6) is -0.266. The number of carbonyl (C=O) groups is 1. The van der Waals surface area contributed by atoms with Crippen LogP contribution in [0.3, 0.4) is 0 Å². The van der Waals surface area contributed by atoms with Gasteiger partial charge in [0, 0.05) is 31.6 Å². The molecule has 0 aliphatic carbocycles. The van der Waals surface area contributed by atoms with Crippen molar-refractivity contribution >= 4 is 11.6 Å². The number of amides is 1. The predicted octanol–water partition coefficient (Wildman–Crippen LogP) is 2.22. The molecular weight excluding hydrogens is 344 g/mol. The lowest BCUT2D eigenvalue weighted by molar-refractivity contribution is 0.0694. The summed E-state index contributed by atoms with van der Waals surface area (Å²) in [6.07, 6.45) is 4.97. The van der Waals surface area contributed by atoms with Gasteiger partial charge in [-0.1, -0.05) is 12.1 Å². The maximum absolute atomic E-state index is 12.5. The molecule has 3 aromatic rings. The fourth-order valence-corrected chi connectivity index (χ4v) is 3.28. The number of benzene rings is 1. The number of imidazole rings is 1. The van der Waals surface area contributed by atoms with Crippen molar-refractivity contribution in [2.45, 2.75) is 32.7 Å². The van der Waals surface area contributed by atoms with Gasteiger partial charge in [0.05, 0.1) is 5.69 Å². The molecule has 0 spiro atoms. The number of aryl methyl sites for hydroxylation is 2. The van der Waals surface area contributed by atoms with E-state index in [-0.39, 0.29) is 28.8 Å². The first-order valence-corrected chi connectivity index (χ1v) is 9.09. The van der Waals surface area contributed by atoms with Crippen molar-refractivity contribution in [3.63, 3.8) is 0 Å². The van der Waals surface area contributed by atoms with E-state index in [2.05, 4.69) is 15.3 Å². The van der Waals surface area contributed by atoms with Gasteiger partial charge in [0.25, 0.3) is 11.5 Å². The van der Waals surface area contributed by atoms with Gasteiger partial charge in [-0.15, -0.1) is 0 Å². The zero-order chi connectivity index (χ0) is 19.0. The minimum atomic E-state index is -0.323. The van der Waals surface area contributed by atoms with Crippen LogP contribution >= 0.6 is 0 Å². The van der Waals surface area contributed by atoms with Crippen molar-refractivity contribution in [2.75, 3.05) is 13.2 Å². The van der Waals surface area contributed by atoms with E-state index < -0.39 is 0 Å². The predicted molar refractivity (Wildman–Crippen MR) is 102 cm³/mol. The number of nitrogens with one attached hydrogen (secondary N) is 2. The summed E-state index contributed by atoms with van der Waals surface area (Å²) in [6.45, 7) is 5.37. The Hall–Kier alpha value is -2.93. The topological polar surface area (TPSA) is 88.5 Å². The molecular formula is C20H22N4O3. The summed E-state index contributed by atoms with van der Waals surface area (Å²) in [5, 5.41) is 2.97. The molecule has 0 radical (unpaired) electrons. The summed E-state index contributed by atoms with van der Waals surface area (Å²) in [4.78, 5) is 32.0. The van der Waals surface area contributed by atoms with Crippen molar-refractivity contribution in [1.82, 2.24) is 19.7 Å². The van der Waals surface area contributed by atoms with Crippen molar-refractivity contribution in [3.05, 3.63) is 57.8 Å². The first-order chi connectivity index (χ1) is 13.0. The Labute approximate surface area is 156 Å². The Morgan fingerprint density at radius 3 is 2.74 bits per heavy atom. The maximum Gasteiger partial charge on any atom is 0.292 e. The van der Waals surface area contributed by atoms with Gasteiger partial charge in [-0.05, 0) is 49.4 Å². The van der Waals surface area contributed by atoms with Crippen LogP contribution in [0.1, 0.15) is 34.5 Å². The lowest BCUT2D eigenvalue weighted by atomic mass is 10.0. The van der Waals surface area contributed by atoms with E-state index >= 15 is 0 Å². The van der Waals surface area contributed by atoms with E-state index in [4.69, 9.17) is 4.74 Å². The van der Waals surface area contributed by atoms with Crippen LogP contribution in [0.5, 0.6) is 0 Å². The Morgan fingerprint density at radius 1 is 1.22 bits per heavy atom. The molecule has 3 heterocycles. The zero-order valence-corrected chi connectivity index (χ0v) is 15.4. The number of hydrogen-bond donors (Lipinski definition) is 2. The molecule has 7 nitrogen and oxygen atoms in total. The average Bonchev–Trinajstić information content (AvgIpc) is 3.10. The van der Waals surface area contributed by atoms with E-state index in [1.54, 1.807) is 16.8 Å². The van der Waals surface area contributed by atoms with Crippen LogP contribution in [0.2, 0.25) is 0 Å². The van der Waals surface area contributed by atoms with E-state index in [1.165, 1.54) is 5.56 Å². The molecule has 1 saturated heterocycles. The molecule has 7 heteroatoms. The molecule has 0 bridgehead atoms. The lowest BCUT2D eigenvalue weighted by Crippen LogP contribution is -2.39. The van der Waals surface area contributed by atoms with Crippen molar-refractivity contribution < 1.29 is 9.53 Å². The third-order valence-corrected chi connectivity index (χ3v) is 5.06. The molecule has 0 atom stereocenters. The molecule has 140 valence electrons. The summed E-state index contributed by atoms with van der Waals surface area (Å²) in [6, 6.07) is 6.10. The van der Waals surface area contributed by atoms with Gasteiger partial charge >= 0.3 is 0 Å². The van der Waals surface area contributed by atoms with Gasteiger partial charge in [0.2, 0.25) is 5.65 Å². The van der Waals surface area contributed by atoms with Crippen molar-refractivity contribution in [1.29, 1.82) is 0 Å². The van der Waals surface area contributed by atoms with Crippen LogP contribution in [0.15, 0.2) is 35.4 Å². The van der Waals surface area contributed by atoms with E-state index in [9.17, 15) is 9.59 Å². The first-order valence-electron chi connectivity index (χ1n) is 9.09. The zero-order valence-electron chi connectivity index (χ0n) is 15.4. The van der Waals surface area contributed by atoms with Crippen LogP contribution in [-0.4, -0.2) is 39.5 Å². The number of rotatable bonds is 3. The number of aromatic amines is 1. The van der Waals surface area contributed by atoms with E-state index in [0.29, 0.717) is 18.9 Å². The number of nitrogens with zero attached hydrogens (tertiary/aromatic N) is 2. The maximum atomic E-state index is 12.5. The molecule has 27 heavy (non-hydrogen) atoms. The second-order valence-corrected chi connectivity index (χ2v) is 7.01. The highest BCUT2D eigenvalue weighted by atomic mass is 16.5. The fourth-order valence-electron chi connectivity index (χ4n) is 3.28. The number of carbonyl (C=O) groups excluding carboxylic acids is 1. The van der Waals surface area contributed by atoms with Crippen LogP contribution in [0.25, 0.3) is 16.9 Å². The molecule has 1 aromatic carbocycles. The Bertz CT molecular complexity index is 1060. The van der Waals surface area contributed by atoms with Gasteiger partial charge in [0.15, 0.2) is 0 Å². The van der Waals surface area contributed by atoms with Crippen LogP contribution in [0, 0.1) is 13.8 Å². The van der Waals surface area contributed by atoms with E-state index in [0.717, 1.165) is 24.0 Å². The third-order valence-electron chi connectivity index (χ3n) is 5.06. The number of H-pyrrole nitrogens is 1. The molecule has 4 rings (SSSR count). The smallest absolute Gasteiger partial charge is 0.292 e. The highest BCUT2D eigenvalue weighted by Crippen LogP contribution is 2.20. The Morgan fingerprint density at radius 2 is 2.00 bits per heavy atom. The van der Waals surface area contributed by atoms with Crippen molar-refractivity contribution in [2.24, 2.45) is 0 Å². The van der Waals surface area contributed by atoms with Gasteiger partial charge in [-0.3, -0.25) is 14.0 Å². The molecule has 2 N–H and O–H groups in total. The fraction of sp³-hybridized carbons (Fsp3) is 0.350. The van der Waals surface area contributed by atoms with Gasteiger partial charge in [-0.2, -0.15) is 0 Å². The molecule has 0 saturated carbocycles. The number of aromatic nitrogens is 3. The van der Waals surface area contributed by atoms with Crippen LogP contribution < -0.4 is 10.9 Å². The third kappa shape index (κ3) is 3.50. The molecule has 1 aliphatic heterocycles. The number of hydrogen-bond acceptors (Lipinski definition) is 4. The largest absolute Gasteiger partial charge is 0.381 e. The lowest BCUT2D eigenvalue weighted by Gasteiger charge is -2.22. The summed E-state index contributed by atoms with van der Waals surface area (Å²) >= 11 is 0. The molecule has 1 aliphatic rings. The summed E-state index contributed by atoms with van der Waals surface area (Å²) in [7, 11) is 0. The second kappa shape index (κ2) is 7.00. The van der Waals surface area contributed by atoms with Gasteiger partial charge < -0.3 is 15.0 Å². The molecule has 2 aromatic heterocycles. The summed E-state index contributed by atoms with van der Waals surface area (Å²) < 4.78 is 6.92. The molecule has 1 fully saturated rings. The highest BCUT2D eigenvalue weighted by Gasteiger charge is 2.19. The number of ether oxygens (including phenoxy) is 1. The molecule has 1 amide bonds. The minimum Gasteiger partial charge on any atom is -0.381 e. The quantitative estimate of drug-likeness (QED) is 0.744. The monoisotopic (exact) mass is 366 g/mol. The average molecular weight is 366 g/mol. The SMILES string of the molecule is Cc1ccc(-c2cn3cc(C(=O)NC4CCOCC4)nc3c(=O)[nH]2)cc1C. The minimum absolute atomic E-state index is 0.0837. The first kappa shape index (κ1) is 17.5. The van der Waals surface area contributed by atoms with Gasteiger partial charge in [-0.25, -0.2) is 4.98 Å². The Balaban J connectivity index is 1.65. The van der Waals surface area contributed by atoms with E-state index in [1.807, 2.05) is 32.0 Å². The normalized spacial score (nSPS) is 15.2. The Kier molecular flexibility index (Phi) is 4.53. The highest BCUT2D eigenvalue weighted by molar-refractivity contribution is 5.93. The van der Waals surface area contributed by atoms with Crippen molar-refractivity contribution in [3.8, 4) is 11.3 Å². The van der Waals surface area contributed by atoms with Gasteiger partial charge in [0.1, 0.15) is 5.69 Å². The number of fused-ring (bicyclic) bond motifs is 1. The van der Waals surface area contributed by atoms with Crippen LogP contribution in [0.4, 0.5) is 0 Å².